The second-order valence-corrected chi connectivity index (χ2v) is 3.51. The molecule has 0 aliphatic rings. The molecular weight excluding hydrogens is 247 g/mol. The van der Waals surface area contributed by atoms with E-state index in [1.807, 2.05) is 0 Å². The Morgan fingerprint density at radius 2 is 2.00 bits per heavy atom. The van der Waals surface area contributed by atoms with Gasteiger partial charge in [0.25, 0.3) is 0 Å². The summed E-state index contributed by atoms with van der Waals surface area (Å²) in [5, 5.41) is 0.874. The van der Waals surface area contributed by atoms with Crippen LogP contribution in [0, 0.1) is 0 Å². The zero-order valence-electron chi connectivity index (χ0n) is 7.34. The van der Waals surface area contributed by atoms with Crippen molar-refractivity contribution in [1.29, 1.82) is 0 Å². The van der Waals surface area contributed by atoms with E-state index in [-0.39, 0.29) is 24.9 Å². The van der Waals surface area contributed by atoms with Gasteiger partial charge in [-0.3, -0.25) is 4.39 Å². The quantitative estimate of drug-likeness (QED) is 0.877. The van der Waals surface area contributed by atoms with Crippen LogP contribution >= 0.6 is 35.6 Å². The number of hydrogen-bond donors (Lipinski definition) is 1. The molecule has 5 heteroatoms. The average Bonchev–Trinajstić information content (AvgIpc) is 2.10. The van der Waals surface area contributed by atoms with Crippen molar-refractivity contribution in [1.82, 2.24) is 0 Å². The topological polar surface area (TPSA) is 26.0 Å². The van der Waals surface area contributed by atoms with Gasteiger partial charge in [0.15, 0.2) is 0 Å². The summed E-state index contributed by atoms with van der Waals surface area (Å²) in [6.07, 6.45) is 0.264. The van der Waals surface area contributed by atoms with Crippen LogP contribution in [-0.2, 0) is 0 Å². The van der Waals surface area contributed by atoms with Crippen LogP contribution in [0.1, 0.15) is 18.0 Å². The summed E-state index contributed by atoms with van der Waals surface area (Å²) in [7, 11) is 0. The van der Waals surface area contributed by atoms with Crippen LogP contribution < -0.4 is 5.73 Å². The lowest BCUT2D eigenvalue weighted by Gasteiger charge is -2.12. The zero-order valence-corrected chi connectivity index (χ0v) is 9.67. The number of rotatable bonds is 3. The van der Waals surface area contributed by atoms with E-state index in [1.54, 1.807) is 18.2 Å². The largest absolute Gasteiger partial charge is 0.324 e. The Kier molecular flexibility index (Phi) is 6.45. The van der Waals surface area contributed by atoms with E-state index in [9.17, 15) is 4.39 Å². The summed E-state index contributed by atoms with van der Waals surface area (Å²) < 4.78 is 12.0. The summed E-state index contributed by atoms with van der Waals surface area (Å²) in [6.45, 7) is -0.454. The number of nitrogens with two attached hydrogens (primary N) is 1. The maximum Gasteiger partial charge on any atom is 0.0912 e. The van der Waals surface area contributed by atoms with Gasteiger partial charge in [0.05, 0.1) is 16.7 Å². The molecule has 0 radical (unpaired) electrons. The Morgan fingerprint density at radius 1 is 1.36 bits per heavy atom. The highest BCUT2D eigenvalue weighted by Crippen LogP contribution is 2.29. The van der Waals surface area contributed by atoms with Crippen molar-refractivity contribution in [3.63, 3.8) is 0 Å². The molecule has 0 heterocycles. The van der Waals surface area contributed by atoms with E-state index in [1.165, 1.54) is 0 Å². The van der Waals surface area contributed by atoms with Gasteiger partial charge in [0, 0.05) is 6.04 Å². The Balaban J connectivity index is 0.00000169. The molecule has 0 aliphatic carbocycles. The van der Waals surface area contributed by atoms with E-state index in [4.69, 9.17) is 28.9 Å². The highest BCUT2D eigenvalue weighted by Gasteiger charge is 2.11. The Morgan fingerprint density at radius 3 is 2.57 bits per heavy atom. The first-order chi connectivity index (χ1) is 6.16. The summed E-state index contributed by atoms with van der Waals surface area (Å²) in [6, 6.07) is 4.81. The fraction of sp³-hybridized carbons (Fsp3) is 0.333. The van der Waals surface area contributed by atoms with Crippen molar-refractivity contribution in [2.24, 2.45) is 5.73 Å². The molecule has 80 valence electrons. The molecule has 1 aromatic carbocycles. The third-order valence-electron chi connectivity index (χ3n) is 1.80. The maximum atomic E-state index is 12.0. The molecule has 1 aromatic rings. The van der Waals surface area contributed by atoms with Crippen LogP contribution in [0.25, 0.3) is 0 Å². The lowest BCUT2D eigenvalue weighted by molar-refractivity contribution is 0.442. The fourth-order valence-electron chi connectivity index (χ4n) is 1.08. The van der Waals surface area contributed by atoms with E-state index < -0.39 is 6.67 Å². The Labute approximate surface area is 98.8 Å². The first kappa shape index (κ1) is 14.0. The predicted octanol–water partition coefficient (Wildman–Crippen LogP) is 3.77. The molecule has 0 aliphatic heterocycles. The predicted molar refractivity (Wildman–Crippen MR) is 61.2 cm³/mol. The summed E-state index contributed by atoms with van der Waals surface area (Å²) >= 11 is 11.7. The molecule has 0 spiro atoms. The molecule has 0 unspecified atom stereocenters. The summed E-state index contributed by atoms with van der Waals surface area (Å²) in [5.74, 6) is 0. The smallest absolute Gasteiger partial charge is 0.0912 e. The van der Waals surface area contributed by atoms with Crippen LogP contribution in [0.3, 0.4) is 0 Å². The van der Waals surface area contributed by atoms with Crippen molar-refractivity contribution >= 4 is 35.6 Å². The van der Waals surface area contributed by atoms with E-state index >= 15 is 0 Å². The molecule has 0 saturated heterocycles. The van der Waals surface area contributed by atoms with Gasteiger partial charge in [0.2, 0.25) is 0 Å². The minimum Gasteiger partial charge on any atom is -0.324 e. The minimum absolute atomic E-state index is 0. The number of halogens is 4. The van der Waals surface area contributed by atoms with Gasteiger partial charge in [0.1, 0.15) is 0 Å². The van der Waals surface area contributed by atoms with Crippen LogP contribution in [0.15, 0.2) is 18.2 Å². The monoisotopic (exact) mass is 257 g/mol. The average molecular weight is 259 g/mol. The number of hydrogen-bond acceptors (Lipinski definition) is 1. The number of alkyl halides is 1. The maximum absolute atomic E-state index is 12.0. The third kappa shape index (κ3) is 3.28. The standard InChI is InChI=1S/C9H10Cl2FN.ClH/c10-7-3-1-2-6(9(7)11)8(13)4-5-12;/h1-3,8H,4-5,13H2;1H/t8-;/m1./s1. The highest BCUT2D eigenvalue weighted by atomic mass is 35.5. The van der Waals surface area contributed by atoms with Crippen molar-refractivity contribution in [2.75, 3.05) is 6.67 Å². The molecule has 1 nitrogen and oxygen atoms in total. The van der Waals surface area contributed by atoms with Gasteiger partial charge in [-0.05, 0) is 18.1 Å². The van der Waals surface area contributed by atoms with Gasteiger partial charge in [-0.25, -0.2) is 0 Å². The molecule has 0 fully saturated rings. The van der Waals surface area contributed by atoms with Gasteiger partial charge in [-0.2, -0.15) is 0 Å². The van der Waals surface area contributed by atoms with E-state index in [2.05, 4.69) is 0 Å². The van der Waals surface area contributed by atoms with Gasteiger partial charge < -0.3 is 5.73 Å². The van der Waals surface area contributed by atoms with Crippen LogP contribution in [-0.4, -0.2) is 6.67 Å². The fourth-order valence-corrected chi connectivity index (χ4v) is 1.53. The highest BCUT2D eigenvalue weighted by molar-refractivity contribution is 6.42. The lowest BCUT2D eigenvalue weighted by atomic mass is 10.1. The molecule has 1 rings (SSSR count). The molecule has 1 atom stereocenters. The van der Waals surface area contributed by atoms with Gasteiger partial charge in [-0.1, -0.05) is 35.3 Å². The van der Waals surface area contributed by atoms with Crippen LogP contribution in [0.5, 0.6) is 0 Å². The SMILES string of the molecule is Cl.N[C@H](CCF)c1cccc(Cl)c1Cl. The van der Waals surface area contributed by atoms with E-state index in [0.717, 1.165) is 0 Å². The zero-order chi connectivity index (χ0) is 9.84. The van der Waals surface area contributed by atoms with Crippen molar-refractivity contribution in [2.45, 2.75) is 12.5 Å². The van der Waals surface area contributed by atoms with Crippen molar-refractivity contribution in [3.8, 4) is 0 Å². The molecule has 0 saturated carbocycles. The Bertz CT molecular complexity index is 293. The van der Waals surface area contributed by atoms with E-state index in [0.29, 0.717) is 15.6 Å². The second kappa shape index (κ2) is 6.46. The van der Waals surface area contributed by atoms with Crippen LogP contribution in [0.2, 0.25) is 10.0 Å². The molecule has 0 amide bonds. The number of benzene rings is 1. The van der Waals surface area contributed by atoms with Crippen molar-refractivity contribution < 1.29 is 4.39 Å². The summed E-state index contributed by atoms with van der Waals surface area (Å²) in [4.78, 5) is 0. The van der Waals surface area contributed by atoms with Gasteiger partial charge >= 0.3 is 0 Å². The van der Waals surface area contributed by atoms with Crippen molar-refractivity contribution in [3.05, 3.63) is 33.8 Å². The second-order valence-electron chi connectivity index (χ2n) is 2.73. The third-order valence-corrected chi connectivity index (χ3v) is 2.63. The first-order valence-electron chi connectivity index (χ1n) is 3.92. The van der Waals surface area contributed by atoms with Gasteiger partial charge in [-0.15, -0.1) is 12.4 Å². The lowest BCUT2D eigenvalue weighted by Crippen LogP contribution is -2.11. The molecular formula is C9H11Cl3FN. The minimum atomic E-state index is -0.454. The first-order valence-corrected chi connectivity index (χ1v) is 4.68. The Hall–Kier alpha value is -0.0200. The normalized spacial score (nSPS) is 12.0. The van der Waals surface area contributed by atoms with Crippen LogP contribution in [0.4, 0.5) is 4.39 Å². The molecule has 14 heavy (non-hydrogen) atoms. The molecule has 2 N–H and O–H groups in total. The molecule has 0 bridgehead atoms. The summed E-state index contributed by atoms with van der Waals surface area (Å²) in [5.41, 5.74) is 6.39. The molecule has 0 aromatic heterocycles.